The highest BCUT2D eigenvalue weighted by Crippen LogP contribution is 2.23. The molecule has 4 nitrogen and oxygen atoms in total. The van der Waals surface area contributed by atoms with Crippen molar-refractivity contribution >= 4 is 17.2 Å². The molecule has 1 aliphatic rings. The van der Waals surface area contributed by atoms with Gasteiger partial charge in [-0.05, 0) is 31.4 Å². The summed E-state index contributed by atoms with van der Waals surface area (Å²) in [4.78, 5) is 2.56. The highest BCUT2D eigenvalue weighted by atomic mass is 32.1. The van der Waals surface area contributed by atoms with Gasteiger partial charge >= 0.3 is 0 Å². The first-order valence-corrected chi connectivity index (χ1v) is 7.36. The van der Waals surface area contributed by atoms with Crippen LogP contribution in [0.4, 0.5) is 0 Å². The van der Waals surface area contributed by atoms with Crippen LogP contribution in [0.15, 0.2) is 24.3 Å². The average molecular weight is 294 g/mol. The van der Waals surface area contributed by atoms with E-state index in [2.05, 4.69) is 4.90 Å². The average Bonchev–Trinajstić information content (AvgIpc) is 2.87. The van der Waals surface area contributed by atoms with Crippen LogP contribution in [0.3, 0.4) is 0 Å². The Kier molecular flexibility index (Phi) is 5.10. The Bertz CT molecular complexity index is 461. The van der Waals surface area contributed by atoms with E-state index in [1.807, 2.05) is 31.2 Å². The van der Waals surface area contributed by atoms with Gasteiger partial charge in [0.05, 0.1) is 12.2 Å². The molecule has 0 amide bonds. The number of benzene rings is 1. The van der Waals surface area contributed by atoms with Crippen molar-refractivity contribution in [1.82, 2.24) is 4.90 Å². The molecule has 2 rings (SSSR count). The molecule has 1 saturated heterocycles. The fourth-order valence-electron chi connectivity index (χ4n) is 2.64. The monoisotopic (exact) mass is 294 g/mol. The van der Waals surface area contributed by atoms with Gasteiger partial charge in [0.1, 0.15) is 4.99 Å². The molecule has 0 aromatic heterocycles. The first-order chi connectivity index (χ1) is 9.47. The third-order valence-corrected chi connectivity index (χ3v) is 4.24. The van der Waals surface area contributed by atoms with Gasteiger partial charge in [0.15, 0.2) is 0 Å². The Morgan fingerprint density at radius 3 is 2.55 bits per heavy atom. The van der Waals surface area contributed by atoms with E-state index in [0.717, 1.165) is 30.6 Å². The molecule has 3 atom stereocenters. The first-order valence-electron chi connectivity index (χ1n) is 6.95. The second-order valence-corrected chi connectivity index (χ2v) is 5.99. The van der Waals surface area contributed by atoms with Gasteiger partial charge in [-0.1, -0.05) is 36.5 Å². The lowest BCUT2D eigenvalue weighted by molar-refractivity contribution is 0.104. The van der Waals surface area contributed by atoms with Crippen LogP contribution in [-0.2, 0) is 0 Å². The largest absolute Gasteiger partial charge is 0.393 e. The van der Waals surface area contributed by atoms with Crippen LogP contribution in [0.1, 0.15) is 30.6 Å². The van der Waals surface area contributed by atoms with Crippen molar-refractivity contribution in [3.05, 3.63) is 35.4 Å². The number of likely N-dealkylation sites (tertiary alicyclic amines) is 1. The molecule has 1 aromatic carbocycles. The van der Waals surface area contributed by atoms with Gasteiger partial charge < -0.3 is 20.8 Å². The molecule has 0 spiro atoms. The zero-order chi connectivity index (χ0) is 14.7. The molecular formula is C15H22N2O2S. The molecule has 5 heteroatoms. The molecule has 0 bridgehead atoms. The van der Waals surface area contributed by atoms with Crippen LogP contribution in [0, 0.1) is 5.92 Å². The van der Waals surface area contributed by atoms with Crippen LogP contribution in [0.5, 0.6) is 0 Å². The maximum Gasteiger partial charge on any atom is 0.103 e. The third-order valence-electron chi connectivity index (χ3n) is 4.00. The summed E-state index contributed by atoms with van der Waals surface area (Å²) in [5, 5.41) is 19.9. The zero-order valence-corrected chi connectivity index (χ0v) is 12.5. The first kappa shape index (κ1) is 15.4. The maximum atomic E-state index is 10.3. The fourth-order valence-corrected chi connectivity index (χ4v) is 2.78. The van der Waals surface area contributed by atoms with Gasteiger partial charge in [-0.15, -0.1) is 0 Å². The number of hydrogen-bond donors (Lipinski definition) is 3. The van der Waals surface area contributed by atoms with Crippen LogP contribution in [-0.4, -0.2) is 45.8 Å². The molecule has 1 heterocycles. The molecule has 0 aliphatic carbocycles. The highest BCUT2D eigenvalue weighted by molar-refractivity contribution is 7.80. The Hall–Kier alpha value is -1.01. The zero-order valence-electron chi connectivity index (χ0n) is 11.7. The summed E-state index contributed by atoms with van der Waals surface area (Å²) in [6.07, 6.45) is 0.190. The minimum atomic E-state index is -0.525. The van der Waals surface area contributed by atoms with Gasteiger partial charge in [0.25, 0.3) is 0 Å². The predicted octanol–water partition coefficient (Wildman–Crippen LogP) is 1.06. The Morgan fingerprint density at radius 1 is 1.40 bits per heavy atom. The fraction of sp³-hybridized carbons (Fsp3) is 0.533. The number of hydrogen-bond acceptors (Lipinski definition) is 4. The molecule has 4 N–H and O–H groups in total. The number of aliphatic hydroxyl groups excluding tert-OH is 2. The maximum absolute atomic E-state index is 10.3. The Balaban J connectivity index is 1.92. The van der Waals surface area contributed by atoms with E-state index >= 15 is 0 Å². The third kappa shape index (κ3) is 3.76. The summed E-state index contributed by atoms with van der Waals surface area (Å²) < 4.78 is 0. The summed E-state index contributed by atoms with van der Waals surface area (Å²) in [6, 6.07) is 7.40. The molecule has 3 unspecified atom stereocenters. The Morgan fingerprint density at radius 2 is 2.05 bits per heavy atom. The molecule has 110 valence electrons. The number of nitrogens with two attached hydrogens (primary N) is 1. The highest BCUT2D eigenvalue weighted by Gasteiger charge is 2.27. The van der Waals surface area contributed by atoms with Crippen molar-refractivity contribution in [3.8, 4) is 0 Å². The lowest BCUT2D eigenvalue weighted by Crippen LogP contribution is -2.28. The normalized spacial score (nSPS) is 22.6. The second-order valence-electron chi connectivity index (χ2n) is 5.55. The summed E-state index contributed by atoms with van der Waals surface area (Å²) in [7, 11) is 0. The molecule has 1 fully saturated rings. The van der Waals surface area contributed by atoms with Crippen molar-refractivity contribution in [2.24, 2.45) is 11.7 Å². The van der Waals surface area contributed by atoms with Crippen LogP contribution < -0.4 is 5.73 Å². The Labute approximate surface area is 125 Å². The van der Waals surface area contributed by atoms with E-state index in [-0.39, 0.29) is 6.10 Å². The lowest BCUT2D eigenvalue weighted by Gasteiger charge is -2.21. The quantitative estimate of drug-likeness (QED) is 0.708. The van der Waals surface area contributed by atoms with Gasteiger partial charge in [0.2, 0.25) is 0 Å². The molecule has 0 radical (unpaired) electrons. The van der Waals surface area contributed by atoms with E-state index < -0.39 is 6.10 Å². The topological polar surface area (TPSA) is 69.7 Å². The van der Waals surface area contributed by atoms with Crippen LogP contribution in [0.2, 0.25) is 0 Å². The number of aliphatic hydroxyl groups is 2. The van der Waals surface area contributed by atoms with Gasteiger partial charge in [-0.2, -0.15) is 0 Å². The summed E-state index contributed by atoms with van der Waals surface area (Å²) in [5.74, 6) is 0.319. The molecule has 1 aliphatic heterocycles. The van der Waals surface area contributed by atoms with Gasteiger partial charge in [-0.25, -0.2) is 0 Å². The number of nitrogens with zero attached hydrogens (tertiary/aromatic N) is 1. The number of β-amino-alcohol motifs (C(OH)–C–C–N with tert-alkyl or cyclic N) is 1. The number of thiocarbonyl (C=S) groups is 1. The SMILES string of the molecule is CC(O)C1CCN(CC(O)c2ccc(C(N)=S)cc2)C1. The molecular weight excluding hydrogens is 272 g/mol. The van der Waals surface area contributed by atoms with E-state index in [1.54, 1.807) is 0 Å². The minimum Gasteiger partial charge on any atom is -0.393 e. The summed E-state index contributed by atoms with van der Waals surface area (Å²) in [5.41, 5.74) is 7.23. The molecule has 20 heavy (non-hydrogen) atoms. The van der Waals surface area contributed by atoms with Crippen molar-refractivity contribution < 1.29 is 10.2 Å². The van der Waals surface area contributed by atoms with E-state index in [1.165, 1.54) is 0 Å². The second kappa shape index (κ2) is 6.63. The van der Waals surface area contributed by atoms with Crippen LogP contribution >= 0.6 is 12.2 Å². The summed E-state index contributed by atoms with van der Waals surface area (Å²) >= 11 is 4.91. The molecule has 1 aromatic rings. The van der Waals surface area contributed by atoms with Crippen molar-refractivity contribution in [2.75, 3.05) is 19.6 Å². The van der Waals surface area contributed by atoms with E-state index in [9.17, 15) is 10.2 Å². The standard InChI is InChI=1S/C15H22N2O2S/c1-10(18)13-6-7-17(8-13)9-14(19)11-2-4-12(5-3-11)15(16)20/h2-5,10,13-14,18-19H,6-9H2,1H3,(H2,16,20). The van der Waals surface area contributed by atoms with Gasteiger partial charge in [-0.3, -0.25) is 0 Å². The minimum absolute atomic E-state index is 0.276. The van der Waals surface area contributed by atoms with E-state index in [4.69, 9.17) is 18.0 Å². The van der Waals surface area contributed by atoms with E-state index in [0.29, 0.717) is 17.5 Å². The van der Waals surface area contributed by atoms with Crippen molar-refractivity contribution in [2.45, 2.75) is 25.6 Å². The van der Waals surface area contributed by atoms with Crippen molar-refractivity contribution in [3.63, 3.8) is 0 Å². The predicted molar refractivity (Wildman–Crippen MR) is 83.5 cm³/mol. The smallest absolute Gasteiger partial charge is 0.103 e. The van der Waals surface area contributed by atoms with Crippen molar-refractivity contribution in [1.29, 1.82) is 0 Å². The molecule has 0 saturated carbocycles. The number of rotatable bonds is 5. The van der Waals surface area contributed by atoms with Crippen LogP contribution in [0.25, 0.3) is 0 Å². The van der Waals surface area contributed by atoms with Gasteiger partial charge in [0, 0.05) is 18.7 Å². The summed E-state index contributed by atoms with van der Waals surface area (Å²) in [6.45, 7) is 4.20. The lowest BCUT2D eigenvalue weighted by atomic mass is 10.0.